The zero-order valence-electron chi connectivity index (χ0n) is 18.2. The van der Waals surface area contributed by atoms with Crippen molar-refractivity contribution in [3.8, 4) is 28.3 Å². The minimum Gasteiger partial charge on any atom is -0.480 e. The van der Waals surface area contributed by atoms with Gasteiger partial charge >= 0.3 is 0 Å². The predicted molar refractivity (Wildman–Crippen MR) is 121 cm³/mol. The van der Waals surface area contributed by atoms with Gasteiger partial charge in [0.1, 0.15) is 5.15 Å². The van der Waals surface area contributed by atoms with Crippen LogP contribution in [0.3, 0.4) is 0 Å². The molecule has 0 aliphatic heterocycles. The van der Waals surface area contributed by atoms with E-state index in [4.69, 9.17) is 26.1 Å². The molecular weight excluding hydrogens is 414 g/mol. The van der Waals surface area contributed by atoms with E-state index in [0.717, 1.165) is 38.9 Å². The van der Waals surface area contributed by atoms with Crippen LogP contribution in [0.5, 0.6) is 5.88 Å². The molecule has 0 unspecified atom stereocenters. The first-order valence-corrected chi connectivity index (χ1v) is 10.2. The maximum absolute atomic E-state index is 6.40. The number of fused-ring (bicyclic) bond motifs is 1. The average Bonchev–Trinajstić information content (AvgIpc) is 3.22. The molecule has 1 aromatic carbocycles. The van der Waals surface area contributed by atoms with Crippen molar-refractivity contribution in [3.05, 3.63) is 53.4 Å². The number of hydrogen-bond acceptors (Lipinski definition) is 6. The van der Waals surface area contributed by atoms with E-state index in [1.54, 1.807) is 14.2 Å². The molecule has 8 heteroatoms. The van der Waals surface area contributed by atoms with Crippen LogP contribution in [0.25, 0.3) is 33.3 Å². The van der Waals surface area contributed by atoms with Crippen molar-refractivity contribution in [2.45, 2.75) is 32.9 Å². The van der Waals surface area contributed by atoms with Crippen LogP contribution in [0.1, 0.15) is 19.4 Å². The lowest BCUT2D eigenvalue weighted by molar-refractivity contribution is 0.00543. The van der Waals surface area contributed by atoms with Gasteiger partial charge < -0.3 is 9.47 Å². The molecule has 0 atom stereocenters. The standard InChI is InChI=1S/C23H24ClN5O2/c1-14-8-18(17-11-25-29(12-17)13-23(2,3)31-5)21(26-22(14)24)16-7-6-15-10-20(30-4)28-27-19(15)9-16/h6-12H,13H2,1-5H3. The lowest BCUT2D eigenvalue weighted by atomic mass is 9.99. The number of hydrogen-bond donors (Lipinski definition) is 0. The number of aryl methyl sites for hydroxylation is 1. The Morgan fingerprint density at radius 1 is 1.06 bits per heavy atom. The second kappa shape index (κ2) is 8.24. The van der Waals surface area contributed by atoms with E-state index in [1.165, 1.54) is 0 Å². The van der Waals surface area contributed by atoms with Gasteiger partial charge in [0.2, 0.25) is 5.88 Å². The molecule has 0 saturated heterocycles. The lowest BCUT2D eigenvalue weighted by Crippen LogP contribution is -2.29. The van der Waals surface area contributed by atoms with Crippen molar-refractivity contribution >= 4 is 22.5 Å². The Kier molecular flexibility index (Phi) is 5.64. The van der Waals surface area contributed by atoms with E-state index in [2.05, 4.69) is 15.3 Å². The zero-order chi connectivity index (χ0) is 22.2. The number of rotatable bonds is 6. The molecule has 0 radical (unpaired) electrons. The Morgan fingerprint density at radius 3 is 2.61 bits per heavy atom. The molecule has 31 heavy (non-hydrogen) atoms. The molecule has 0 aliphatic carbocycles. The summed E-state index contributed by atoms with van der Waals surface area (Å²) in [6, 6.07) is 9.82. The van der Waals surface area contributed by atoms with Crippen molar-refractivity contribution in [2.24, 2.45) is 0 Å². The third-order valence-electron chi connectivity index (χ3n) is 5.24. The fraction of sp³-hybridized carbons (Fsp3) is 0.304. The summed E-state index contributed by atoms with van der Waals surface area (Å²) in [5, 5.41) is 14.3. The van der Waals surface area contributed by atoms with Crippen molar-refractivity contribution in [3.63, 3.8) is 0 Å². The van der Waals surface area contributed by atoms with Gasteiger partial charge in [-0.25, -0.2) is 4.98 Å². The van der Waals surface area contributed by atoms with Gasteiger partial charge in [0, 0.05) is 41.4 Å². The SMILES string of the molecule is COc1cc2ccc(-c3nc(Cl)c(C)cc3-c3cnn(CC(C)(C)OC)c3)cc2nn1. The van der Waals surface area contributed by atoms with E-state index < -0.39 is 0 Å². The van der Waals surface area contributed by atoms with Crippen molar-refractivity contribution in [1.82, 2.24) is 25.0 Å². The molecule has 4 aromatic rings. The first kappa shape index (κ1) is 21.2. The van der Waals surface area contributed by atoms with E-state index in [-0.39, 0.29) is 5.60 Å². The van der Waals surface area contributed by atoms with Gasteiger partial charge in [0.15, 0.2) is 0 Å². The molecule has 0 bridgehead atoms. The van der Waals surface area contributed by atoms with Crippen molar-refractivity contribution in [1.29, 1.82) is 0 Å². The minimum absolute atomic E-state index is 0.321. The van der Waals surface area contributed by atoms with Crippen LogP contribution < -0.4 is 4.74 Å². The van der Waals surface area contributed by atoms with Gasteiger partial charge in [0.05, 0.1) is 36.7 Å². The molecule has 0 N–H and O–H groups in total. The fourth-order valence-corrected chi connectivity index (χ4v) is 3.48. The maximum Gasteiger partial charge on any atom is 0.233 e. The molecule has 3 aromatic heterocycles. The summed E-state index contributed by atoms with van der Waals surface area (Å²) >= 11 is 6.40. The first-order valence-electron chi connectivity index (χ1n) is 9.86. The highest BCUT2D eigenvalue weighted by Gasteiger charge is 2.19. The van der Waals surface area contributed by atoms with E-state index in [0.29, 0.717) is 17.6 Å². The van der Waals surface area contributed by atoms with Crippen LogP contribution in [-0.4, -0.2) is 44.8 Å². The van der Waals surface area contributed by atoms with Crippen LogP contribution in [0.4, 0.5) is 0 Å². The predicted octanol–water partition coefficient (Wildman–Crippen LogP) is 4.95. The summed E-state index contributed by atoms with van der Waals surface area (Å²) in [6.45, 7) is 6.63. The van der Waals surface area contributed by atoms with Crippen molar-refractivity contribution < 1.29 is 9.47 Å². The molecule has 0 amide bonds. The molecular formula is C23H24ClN5O2. The van der Waals surface area contributed by atoms with E-state index >= 15 is 0 Å². The zero-order valence-corrected chi connectivity index (χ0v) is 18.9. The average molecular weight is 438 g/mol. The highest BCUT2D eigenvalue weighted by molar-refractivity contribution is 6.30. The Morgan fingerprint density at radius 2 is 1.87 bits per heavy atom. The van der Waals surface area contributed by atoms with Crippen LogP contribution in [0.15, 0.2) is 42.7 Å². The molecule has 0 aliphatic rings. The quantitative estimate of drug-likeness (QED) is 0.397. The molecule has 0 spiro atoms. The Balaban J connectivity index is 1.80. The highest BCUT2D eigenvalue weighted by atomic mass is 35.5. The number of nitrogens with zero attached hydrogens (tertiary/aromatic N) is 5. The summed E-state index contributed by atoms with van der Waals surface area (Å²) < 4.78 is 12.6. The third-order valence-corrected chi connectivity index (χ3v) is 5.62. The summed E-state index contributed by atoms with van der Waals surface area (Å²) in [5.41, 5.74) is 4.89. The molecule has 0 saturated carbocycles. The number of benzene rings is 1. The molecule has 160 valence electrons. The Labute approximate surface area is 186 Å². The Hall–Kier alpha value is -3.03. The number of pyridine rings is 1. The van der Waals surface area contributed by atoms with Crippen LogP contribution in [-0.2, 0) is 11.3 Å². The largest absolute Gasteiger partial charge is 0.480 e. The highest BCUT2D eigenvalue weighted by Crippen LogP contribution is 2.35. The monoisotopic (exact) mass is 437 g/mol. The van der Waals surface area contributed by atoms with Crippen molar-refractivity contribution in [2.75, 3.05) is 14.2 Å². The van der Waals surface area contributed by atoms with Crippen LogP contribution in [0.2, 0.25) is 5.15 Å². The smallest absolute Gasteiger partial charge is 0.233 e. The van der Waals surface area contributed by atoms with E-state index in [1.807, 2.05) is 68.2 Å². The summed E-state index contributed by atoms with van der Waals surface area (Å²) in [4.78, 5) is 4.69. The second-order valence-electron chi connectivity index (χ2n) is 8.04. The summed E-state index contributed by atoms with van der Waals surface area (Å²) in [7, 11) is 3.27. The second-order valence-corrected chi connectivity index (χ2v) is 8.40. The third kappa shape index (κ3) is 4.38. The molecule has 3 heterocycles. The summed E-state index contributed by atoms with van der Waals surface area (Å²) in [6.07, 6.45) is 3.84. The van der Waals surface area contributed by atoms with Gasteiger partial charge in [-0.15, -0.1) is 10.2 Å². The maximum atomic E-state index is 6.40. The minimum atomic E-state index is -0.321. The number of ether oxygens (including phenoxy) is 2. The van der Waals surface area contributed by atoms with Gasteiger partial charge in [-0.05, 0) is 38.5 Å². The molecule has 0 fully saturated rings. The van der Waals surface area contributed by atoms with Gasteiger partial charge in [0.25, 0.3) is 0 Å². The molecule has 4 rings (SSSR count). The van der Waals surface area contributed by atoms with Gasteiger partial charge in [-0.2, -0.15) is 5.10 Å². The van der Waals surface area contributed by atoms with Crippen LogP contribution >= 0.6 is 11.6 Å². The number of methoxy groups -OCH3 is 2. The fourth-order valence-electron chi connectivity index (χ4n) is 3.34. The molecule has 7 nitrogen and oxygen atoms in total. The number of aromatic nitrogens is 5. The van der Waals surface area contributed by atoms with E-state index in [9.17, 15) is 0 Å². The van der Waals surface area contributed by atoms with Gasteiger partial charge in [-0.1, -0.05) is 23.7 Å². The first-order chi connectivity index (χ1) is 14.8. The van der Waals surface area contributed by atoms with Gasteiger partial charge in [-0.3, -0.25) is 4.68 Å². The normalized spacial score (nSPS) is 11.8. The van der Waals surface area contributed by atoms with Crippen LogP contribution in [0, 0.1) is 6.92 Å². The Bertz CT molecular complexity index is 1250. The summed E-state index contributed by atoms with van der Waals surface area (Å²) in [5.74, 6) is 0.476. The number of halogens is 1. The lowest BCUT2D eigenvalue weighted by Gasteiger charge is -2.22. The topological polar surface area (TPSA) is 75.0 Å².